The van der Waals surface area contributed by atoms with E-state index < -0.39 is 11.4 Å². The van der Waals surface area contributed by atoms with Gasteiger partial charge in [0, 0.05) is 24.6 Å². The number of H-pyrrole nitrogens is 1. The van der Waals surface area contributed by atoms with Gasteiger partial charge in [-0.05, 0) is 24.3 Å². The highest BCUT2D eigenvalue weighted by Crippen LogP contribution is 2.20. The molecular formula is C18H22FN3O5. The zero-order valence-corrected chi connectivity index (χ0v) is 15.0. The molecule has 2 heterocycles. The number of fused-ring (bicyclic) bond motifs is 1. The quantitative estimate of drug-likeness (QED) is 0.692. The predicted molar refractivity (Wildman–Crippen MR) is 94.8 cm³/mol. The maximum atomic E-state index is 13.4. The lowest BCUT2D eigenvalue weighted by Gasteiger charge is -2.30. The number of benzene rings is 1. The van der Waals surface area contributed by atoms with E-state index in [9.17, 15) is 19.1 Å². The molecule has 0 radical (unpaired) electrons. The molecular weight excluding hydrogens is 357 g/mol. The smallest absolute Gasteiger partial charge is 0.270 e. The number of ether oxygens (including phenoxy) is 2. The fourth-order valence-electron chi connectivity index (χ4n) is 3.03. The van der Waals surface area contributed by atoms with Crippen LogP contribution in [-0.2, 0) is 14.3 Å². The molecule has 1 aromatic heterocycles. The first-order valence-electron chi connectivity index (χ1n) is 8.53. The lowest BCUT2D eigenvalue weighted by atomic mass is 10.0. The monoisotopic (exact) mass is 379 g/mol. The number of methoxy groups -OCH3 is 1. The van der Waals surface area contributed by atoms with Gasteiger partial charge in [-0.2, -0.15) is 0 Å². The number of rotatable bonds is 5. The zero-order chi connectivity index (χ0) is 19.4. The number of hydrogen-bond acceptors (Lipinski definition) is 5. The zero-order valence-electron chi connectivity index (χ0n) is 15.0. The van der Waals surface area contributed by atoms with Gasteiger partial charge in [0.1, 0.15) is 23.7 Å². The van der Waals surface area contributed by atoms with Gasteiger partial charge >= 0.3 is 0 Å². The molecule has 146 valence electrons. The van der Waals surface area contributed by atoms with Crippen LogP contribution in [0.3, 0.4) is 0 Å². The summed E-state index contributed by atoms with van der Waals surface area (Å²) in [5.74, 6) is -1.10. The molecule has 0 unspecified atom stereocenters. The minimum Gasteiger partial charge on any atom is -0.384 e. The van der Waals surface area contributed by atoms with Crippen LogP contribution < -0.4 is 5.32 Å². The van der Waals surface area contributed by atoms with Crippen molar-refractivity contribution < 1.29 is 28.6 Å². The summed E-state index contributed by atoms with van der Waals surface area (Å²) in [6.45, 7) is 0.332. The van der Waals surface area contributed by atoms with Gasteiger partial charge in [0.05, 0.1) is 26.3 Å². The van der Waals surface area contributed by atoms with Gasteiger partial charge in [0.25, 0.3) is 5.91 Å². The molecule has 1 atom stereocenters. The van der Waals surface area contributed by atoms with Gasteiger partial charge in [-0.3, -0.25) is 9.59 Å². The molecule has 1 fully saturated rings. The van der Waals surface area contributed by atoms with E-state index in [-0.39, 0.29) is 51.3 Å². The van der Waals surface area contributed by atoms with Crippen molar-refractivity contribution in [2.45, 2.75) is 5.60 Å². The third kappa shape index (κ3) is 4.62. The molecule has 8 nitrogen and oxygen atoms in total. The Morgan fingerprint density at radius 2 is 2.26 bits per heavy atom. The molecule has 1 aliphatic heterocycles. The van der Waals surface area contributed by atoms with Crippen LogP contribution in [0.1, 0.15) is 10.5 Å². The van der Waals surface area contributed by atoms with E-state index in [4.69, 9.17) is 9.47 Å². The molecule has 2 aromatic rings. The van der Waals surface area contributed by atoms with Crippen molar-refractivity contribution in [3.05, 3.63) is 35.8 Å². The number of carbonyl (C=O) groups is 2. The number of aliphatic hydroxyl groups is 1. The van der Waals surface area contributed by atoms with Gasteiger partial charge in [0.2, 0.25) is 5.91 Å². The number of hydrogen-bond donors (Lipinski definition) is 3. The molecule has 0 bridgehead atoms. The predicted octanol–water partition coefficient (Wildman–Crippen LogP) is 0.273. The van der Waals surface area contributed by atoms with Gasteiger partial charge in [0.15, 0.2) is 0 Å². The van der Waals surface area contributed by atoms with E-state index in [1.165, 1.54) is 24.1 Å². The van der Waals surface area contributed by atoms with Gasteiger partial charge in [-0.15, -0.1) is 0 Å². The number of amides is 2. The number of aromatic nitrogens is 1. The number of halogens is 1. The van der Waals surface area contributed by atoms with Crippen LogP contribution in [0.15, 0.2) is 24.3 Å². The van der Waals surface area contributed by atoms with Crippen LogP contribution in [-0.4, -0.2) is 79.0 Å². The summed E-state index contributed by atoms with van der Waals surface area (Å²) in [6.07, 6.45) is 0. The molecule has 1 saturated heterocycles. The van der Waals surface area contributed by atoms with E-state index >= 15 is 0 Å². The van der Waals surface area contributed by atoms with Crippen LogP contribution in [0, 0.1) is 5.82 Å². The molecule has 3 rings (SSSR count). The van der Waals surface area contributed by atoms with Crippen LogP contribution in [0.5, 0.6) is 0 Å². The van der Waals surface area contributed by atoms with Crippen LogP contribution in [0.4, 0.5) is 4.39 Å². The molecule has 0 saturated carbocycles. The molecule has 0 spiro atoms. The molecule has 0 aliphatic carbocycles. The Morgan fingerprint density at radius 1 is 1.44 bits per heavy atom. The average Bonchev–Trinajstić information content (AvgIpc) is 2.95. The Hall–Kier alpha value is -2.49. The third-order valence-electron chi connectivity index (χ3n) is 4.35. The molecule has 1 aromatic carbocycles. The maximum Gasteiger partial charge on any atom is 0.270 e. The van der Waals surface area contributed by atoms with Gasteiger partial charge < -0.3 is 29.8 Å². The van der Waals surface area contributed by atoms with E-state index in [1.807, 2.05) is 0 Å². The van der Waals surface area contributed by atoms with E-state index in [0.29, 0.717) is 16.6 Å². The fraction of sp³-hybridized carbons (Fsp3) is 0.444. The second kappa shape index (κ2) is 8.03. The lowest BCUT2D eigenvalue weighted by molar-refractivity contribution is -0.126. The number of aromatic amines is 1. The fourth-order valence-corrected chi connectivity index (χ4v) is 3.03. The number of β-amino-alcohol motifs (C(OH)–C–C–N with tert-alkyl or cyclic N) is 1. The molecule has 27 heavy (non-hydrogen) atoms. The second-order valence-corrected chi connectivity index (χ2v) is 6.63. The normalized spacial score (nSPS) is 20.5. The van der Waals surface area contributed by atoms with E-state index in [1.54, 1.807) is 12.1 Å². The first-order chi connectivity index (χ1) is 12.9. The van der Waals surface area contributed by atoms with Crippen molar-refractivity contribution in [1.29, 1.82) is 0 Å². The highest BCUT2D eigenvalue weighted by Gasteiger charge is 2.35. The number of nitrogens with one attached hydrogen (secondary N) is 2. The van der Waals surface area contributed by atoms with Crippen molar-refractivity contribution in [3.63, 3.8) is 0 Å². The Morgan fingerprint density at radius 3 is 3.04 bits per heavy atom. The molecule has 3 N–H and O–H groups in total. The summed E-state index contributed by atoms with van der Waals surface area (Å²) in [6, 6.07) is 5.87. The standard InChI is InChI=1S/C18H22FN3O5/c1-26-8-16(23)20-9-18(25)10-22(4-5-27-11-18)17(24)15-6-12-2-3-13(19)7-14(12)21-15/h2-3,6-7,21,25H,4-5,8-11H2,1H3,(H,20,23)/t18-/m1/s1. The maximum absolute atomic E-state index is 13.4. The van der Waals surface area contributed by atoms with Crippen molar-refractivity contribution in [2.75, 3.05) is 46.6 Å². The summed E-state index contributed by atoms with van der Waals surface area (Å²) in [7, 11) is 1.40. The minimum absolute atomic E-state index is 0.0111. The first-order valence-corrected chi connectivity index (χ1v) is 8.53. The summed E-state index contributed by atoms with van der Waals surface area (Å²) in [4.78, 5) is 28.8. The highest BCUT2D eigenvalue weighted by atomic mass is 19.1. The van der Waals surface area contributed by atoms with Gasteiger partial charge in [-0.1, -0.05) is 0 Å². The van der Waals surface area contributed by atoms with Crippen LogP contribution in [0.25, 0.3) is 10.9 Å². The SMILES string of the molecule is COCC(=O)NC[C@]1(O)COCCN(C(=O)c2cc3ccc(F)cc3[nH]2)C1. The van der Waals surface area contributed by atoms with Crippen molar-refractivity contribution in [2.24, 2.45) is 0 Å². The lowest BCUT2D eigenvalue weighted by Crippen LogP contribution is -2.53. The second-order valence-electron chi connectivity index (χ2n) is 6.63. The third-order valence-corrected chi connectivity index (χ3v) is 4.35. The van der Waals surface area contributed by atoms with Crippen molar-refractivity contribution in [3.8, 4) is 0 Å². The Labute approximate surface area is 155 Å². The highest BCUT2D eigenvalue weighted by molar-refractivity contribution is 5.98. The topological polar surface area (TPSA) is 104 Å². The van der Waals surface area contributed by atoms with Crippen molar-refractivity contribution in [1.82, 2.24) is 15.2 Å². The van der Waals surface area contributed by atoms with Gasteiger partial charge in [-0.25, -0.2) is 4.39 Å². The summed E-state index contributed by atoms with van der Waals surface area (Å²) >= 11 is 0. The number of carbonyl (C=O) groups excluding carboxylic acids is 2. The van der Waals surface area contributed by atoms with E-state index in [0.717, 1.165) is 0 Å². The Balaban J connectivity index is 1.73. The van der Waals surface area contributed by atoms with Crippen LogP contribution in [0.2, 0.25) is 0 Å². The number of nitrogens with zero attached hydrogens (tertiary/aromatic N) is 1. The summed E-state index contributed by atoms with van der Waals surface area (Å²) in [5, 5.41) is 14.1. The molecule has 1 aliphatic rings. The molecule has 2 amide bonds. The average molecular weight is 379 g/mol. The minimum atomic E-state index is -1.42. The summed E-state index contributed by atoms with van der Waals surface area (Å²) in [5.41, 5.74) is -0.608. The Kier molecular flexibility index (Phi) is 5.73. The Bertz CT molecular complexity index is 840. The summed E-state index contributed by atoms with van der Waals surface area (Å²) < 4.78 is 23.5. The largest absolute Gasteiger partial charge is 0.384 e. The molecule has 9 heteroatoms. The van der Waals surface area contributed by atoms with Crippen molar-refractivity contribution >= 4 is 22.7 Å². The van der Waals surface area contributed by atoms with Crippen LogP contribution >= 0.6 is 0 Å². The first kappa shape index (κ1) is 19.3. The van der Waals surface area contributed by atoms with E-state index in [2.05, 4.69) is 10.3 Å².